The number of ketones is 1. The van der Waals surface area contributed by atoms with Gasteiger partial charge in [0.25, 0.3) is 5.91 Å². The van der Waals surface area contributed by atoms with Crippen LogP contribution in [-0.2, 0) is 0 Å². The molecule has 0 saturated carbocycles. The minimum absolute atomic E-state index is 0.122. The van der Waals surface area contributed by atoms with Crippen LogP contribution in [0.5, 0.6) is 5.75 Å². The number of amides is 1. The van der Waals surface area contributed by atoms with Crippen LogP contribution in [0, 0.1) is 0 Å². The molecule has 0 aliphatic heterocycles. The van der Waals surface area contributed by atoms with Crippen LogP contribution in [0.4, 0.5) is 22.1 Å². The molecule has 0 aliphatic carbocycles. The first-order valence-electron chi connectivity index (χ1n) is 9.56. The molecule has 0 unspecified atom stereocenters. The Bertz CT molecular complexity index is 1320. The van der Waals surface area contributed by atoms with E-state index in [4.69, 9.17) is 22.1 Å². The van der Waals surface area contributed by atoms with Crippen LogP contribution in [0.3, 0.4) is 0 Å². The average molecular weight is 563 g/mol. The summed E-state index contributed by atoms with van der Waals surface area (Å²) in [5, 5.41) is 7.05. The molecule has 0 aliphatic rings. The number of nitrogen functional groups attached to an aromatic ring is 1. The molecular formula is C23H17BrClN3O3S2. The highest BCUT2D eigenvalue weighted by atomic mass is 79.9. The Balaban J connectivity index is 1.72. The fraction of sp³-hybridized carbons (Fsp3) is 0.0435. The first kappa shape index (κ1) is 23.3. The zero-order chi connectivity index (χ0) is 23.5. The number of nitrogens with one attached hydrogen (secondary N) is 2. The van der Waals surface area contributed by atoms with Gasteiger partial charge < -0.3 is 21.1 Å². The van der Waals surface area contributed by atoms with Crippen LogP contribution in [0.15, 0.2) is 64.5 Å². The van der Waals surface area contributed by atoms with Gasteiger partial charge in [-0.1, -0.05) is 11.6 Å². The summed E-state index contributed by atoms with van der Waals surface area (Å²) in [6.45, 7) is 0. The molecule has 168 valence electrons. The third-order valence-electron chi connectivity index (χ3n) is 4.63. The highest BCUT2D eigenvalue weighted by Gasteiger charge is 2.27. The number of hydrogen-bond acceptors (Lipinski definition) is 7. The van der Waals surface area contributed by atoms with Gasteiger partial charge in [0.05, 0.1) is 27.0 Å². The zero-order valence-electron chi connectivity index (χ0n) is 17.1. The number of methoxy groups -OCH3 is 1. The van der Waals surface area contributed by atoms with Crippen LogP contribution in [-0.4, -0.2) is 18.8 Å². The predicted octanol–water partition coefficient (Wildman–Crippen LogP) is 7.04. The van der Waals surface area contributed by atoms with Crippen LogP contribution in [0.25, 0.3) is 0 Å². The standard InChI is InChI=1S/C23H17BrClN3O3S2/c1-31-15-8-6-14(7-9-15)28-23-18(22(30)27-13-4-2-12(25)3-5-13)19(26)21(33-23)20(29)16-10-11-17(24)32-16/h2-11,28H,26H2,1H3,(H,27,30). The van der Waals surface area contributed by atoms with Crippen molar-refractivity contribution in [3.8, 4) is 5.75 Å². The second-order valence-corrected chi connectivity index (χ2v) is 10.7. The Morgan fingerprint density at radius 2 is 1.64 bits per heavy atom. The van der Waals surface area contributed by atoms with Gasteiger partial charge >= 0.3 is 0 Å². The molecule has 4 N–H and O–H groups in total. The fourth-order valence-electron chi connectivity index (χ4n) is 3.01. The molecule has 4 rings (SSSR count). The maximum atomic E-state index is 13.2. The lowest BCUT2D eigenvalue weighted by Crippen LogP contribution is -2.15. The predicted molar refractivity (Wildman–Crippen MR) is 140 cm³/mol. The summed E-state index contributed by atoms with van der Waals surface area (Å²) in [5.41, 5.74) is 7.96. The molecule has 1 amide bonds. The third-order valence-corrected chi connectivity index (χ3v) is 7.62. The largest absolute Gasteiger partial charge is 0.497 e. The van der Waals surface area contributed by atoms with Crippen molar-refractivity contribution in [1.29, 1.82) is 0 Å². The molecule has 4 aromatic rings. The molecule has 10 heteroatoms. The molecule has 6 nitrogen and oxygen atoms in total. The maximum Gasteiger partial charge on any atom is 0.260 e. The maximum absolute atomic E-state index is 13.2. The second-order valence-electron chi connectivity index (χ2n) is 6.80. The van der Waals surface area contributed by atoms with Gasteiger partial charge in [0.15, 0.2) is 0 Å². The molecule has 2 aromatic heterocycles. The van der Waals surface area contributed by atoms with Gasteiger partial charge in [-0.15, -0.1) is 22.7 Å². The lowest BCUT2D eigenvalue weighted by Gasteiger charge is -2.10. The summed E-state index contributed by atoms with van der Waals surface area (Å²) >= 11 is 11.8. The molecule has 0 atom stereocenters. The monoisotopic (exact) mass is 561 g/mol. The van der Waals surface area contributed by atoms with Crippen molar-refractivity contribution in [2.75, 3.05) is 23.5 Å². The summed E-state index contributed by atoms with van der Waals surface area (Å²) in [5.74, 6) is 0.0242. The van der Waals surface area contributed by atoms with Crippen molar-refractivity contribution < 1.29 is 14.3 Å². The summed E-state index contributed by atoms with van der Waals surface area (Å²) in [7, 11) is 1.59. The Kier molecular flexibility index (Phi) is 7.04. The number of ether oxygens (including phenoxy) is 1. The number of carbonyl (C=O) groups is 2. The average Bonchev–Trinajstić information content (AvgIpc) is 3.38. The number of anilines is 4. The molecule has 0 saturated heterocycles. The molecule has 0 radical (unpaired) electrons. The van der Waals surface area contributed by atoms with E-state index < -0.39 is 5.91 Å². The SMILES string of the molecule is COc1ccc(Nc2sc(C(=O)c3ccc(Br)s3)c(N)c2C(=O)Nc2ccc(Cl)cc2)cc1. The first-order valence-corrected chi connectivity index (χ1v) is 12.4. The van der Waals surface area contributed by atoms with Crippen LogP contribution in [0.2, 0.25) is 5.02 Å². The molecular weight excluding hydrogens is 546 g/mol. The van der Waals surface area contributed by atoms with E-state index >= 15 is 0 Å². The fourth-order valence-corrected chi connectivity index (χ4v) is 5.62. The van der Waals surface area contributed by atoms with Gasteiger partial charge in [-0.25, -0.2) is 0 Å². The number of nitrogens with two attached hydrogens (primary N) is 1. The summed E-state index contributed by atoms with van der Waals surface area (Å²) in [4.78, 5) is 27.2. The van der Waals surface area contributed by atoms with Gasteiger partial charge in [-0.3, -0.25) is 9.59 Å². The van der Waals surface area contributed by atoms with E-state index in [9.17, 15) is 9.59 Å². The van der Waals surface area contributed by atoms with Crippen molar-refractivity contribution in [2.45, 2.75) is 0 Å². The number of rotatable bonds is 7. The van der Waals surface area contributed by atoms with Crippen LogP contribution >= 0.6 is 50.2 Å². The molecule has 0 fully saturated rings. The second kappa shape index (κ2) is 9.96. The Hall–Kier alpha value is -2.85. The van der Waals surface area contributed by atoms with Crippen molar-refractivity contribution in [3.63, 3.8) is 0 Å². The van der Waals surface area contributed by atoms with E-state index in [1.54, 1.807) is 55.6 Å². The van der Waals surface area contributed by atoms with Gasteiger partial charge in [0, 0.05) is 16.4 Å². The summed E-state index contributed by atoms with van der Waals surface area (Å²) < 4.78 is 6.03. The molecule has 0 spiro atoms. The highest BCUT2D eigenvalue weighted by Crippen LogP contribution is 2.40. The summed E-state index contributed by atoms with van der Waals surface area (Å²) in [6.07, 6.45) is 0. The van der Waals surface area contributed by atoms with Gasteiger partial charge in [-0.2, -0.15) is 0 Å². The van der Waals surface area contributed by atoms with Crippen molar-refractivity contribution in [2.24, 2.45) is 0 Å². The molecule has 2 aromatic carbocycles. The number of hydrogen-bond donors (Lipinski definition) is 3. The van der Waals surface area contributed by atoms with Gasteiger partial charge in [-0.05, 0) is 76.6 Å². The lowest BCUT2D eigenvalue weighted by molar-refractivity contribution is 0.102. The van der Waals surface area contributed by atoms with E-state index in [-0.39, 0.29) is 17.0 Å². The van der Waals surface area contributed by atoms with Crippen molar-refractivity contribution in [1.82, 2.24) is 0 Å². The van der Waals surface area contributed by atoms with Gasteiger partial charge in [0.1, 0.15) is 15.6 Å². The highest BCUT2D eigenvalue weighted by molar-refractivity contribution is 9.11. The number of benzene rings is 2. The number of carbonyl (C=O) groups excluding carboxylic acids is 2. The number of halogens is 2. The molecule has 0 bridgehead atoms. The minimum atomic E-state index is -0.437. The third kappa shape index (κ3) is 5.22. The minimum Gasteiger partial charge on any atom is -0.497 e. The van der Waals surface area contributed by atoms with Gasteiger partial charge in [0.2, 0.25) is 5.78 Å². The number of thiophene rings is 2. The quantitative estimate of drug-likeness (QED) is 0.210. The Morgan fingerprint density at radius 1 is 0.970 bits per heavy atom. The Morgan fingerprint density at radius 3 is 2.24 bits per heavy atom. The van der Waals surface area contributed by atoms with E-state index in [1.807, 2.05) is 12.1 Å². The summed E-state index contributed by atoms with van der Waals surface area (Å²) in [6, 6.07) is 17.5. The Labute approximate surface area is 211 Å². The topological polar surface area (TPSA) is 93.4 Å². The van der Waals surface area contributed by atoms with Crippen LogP contribution < -0.4 is 21.1 Å². The van der Waals surface area contributed by atoms with Crippen LogP contribution in [0.1, 0.15) is 24.9 Å². The van der Waals surface area contributed by atoms with E-state index in [0.717, 1.165) is 20.8 Å². The van der Waals surface area contributed by atoms with E-state index in [2.05, 4.69) is 26.6 Å². The van der Waals surface area contributed by atoms with E-state index in [1.165, 1.54) is 11.3 Å². The molecule has 2 heterocycles. The van der Waals surface area contributed by atoms with E-state index in [0.29, 0.717) is 31.2 Å². The zero-order valence-corrected chi connectivity index (χ0v) is 21.1. The normalized spacial score (nSPS) is 10.6. The smallest absolute Gasteiger partial charge is 0.260 e. The van der Waals surface area contributed by atoms with Crippen molar-refractivity contribution in [3.05, 3.63) is 84.8 Å². The molecule has 33 heavy (non-hydrogen) atoms. The lowest BCUT2D eigenvalue weighted by atomic mass is 10.1. The van der Waals surface area contributed by atoms with Crippen molar-refractivity contribution >= 4 is 84.0 Å². The first-order chi connectivity index (χ1) is 15.9.